The van der Waals surface area contributed by atoms with Crippen LogP contribution in [0.1, 0.15) is 37.7 Å². The number of nitrogens with zero attached hydrogens (tertiary/aromatic N) is 2. The SMILES string of the molecule is C#CCOc1ccc(CCNC(=NC)NC2CCN(C(=O)C3CCCC3)C2)cc1. The van der Waals surface area contributed by atoms with Gasteiger partial charge in [0.2, 0.25) is 5.91 Å². The number of terminal acetylenes is 1. The fraction of sp³-hybridized carbons (Fsp3) is 0.565. The van der Waals surface area contributed by atoms with Crippen LogP contribution in [0.5, 0.6) is 5.75 Å². The first kappa shape index (κ1) is 21.0. The van der Waals surface area contributed by atoms with Gasteiger partial charge in [0, 0.05) is 38.6 Å². The van der Waals surface area contributed by atoms with Gasteiger partial charge in [-0.15, -0.1) is 6.42 Å². The third kappa shape index (κ3) is 6.15. The molecule has 2 N–H and O–H groups in total. The van der Waals surface area contributed by atoms with E-state index in [0.717, 1.165) is 57.0 Å². The third-order valence-electron chi connectivity index (χ3n) is 5.72. The molecule has 0 aromatic heterocycles. The number of rotatable bonds is 7. The number of benzene rings is 1. The Morgan fingerprint density at radius 2 is 2.03 bits per heavy atom. The summed E-state index contributed by atoms with van der Waals surface area (Å²) in [6.45, 7) is 2.68. The number of nitrogens with one attached hydrogen (secondary N) is 2. The predicted octanol–water partition coefficient (Wildman–Crippen LogP) is 2.20. The second-order valence-corrected chi connectivity index (χ2v) is 7.78. The van der Waals surface area contributed by atoms with E-state index in [-0.39, 0.29) is 18.6 Å². The van der Waals surface area contributed by atoms with Crippen LogP contribution in [0.4, 0.5) is 0 Å². The maximum absolute atomic E-state index is 12.6. The van der Waals surface area contributed by atoms with Gasteiger partial charge in [0.1, 0.15) is 12.4 Å². The van der Waals surface area contributed by atoms with Crippen LogP contribution in [0.3, 0.4) is 0 Å². The van der Waals surface area contributed by atoms with Crippen molar-refractivity contribution >= 4 is 11.9 Å². The van der Waals surface area contributed by atoms with Gasteiger partial charge in [0.05, 0.1) is 0 Å². The Balaban J connectivity index is 1.38. The van der Waals surface area contributed by atoms with Gasteiger partial charge in [-0.25, -0.2) is 0 Å². The fourth-order valence-corrected chi connectivity index (χ4v) is 4.10. The molecule has 6 nitrogen and oxygen atoms in total. The van der Waals surface area contributed by atoms with Crippen LogP contribution in [-0.4, -0.2) is 56.1 Å². The lowest BCUT2D eigenvalue weighted by atomic mass is 10.1. The van der Waals surface area contributed by atoms with Gasteiger partial charge in [-0.05, 0) is 43.4 Å². The summed E-state index contributed by atoms with van der Waals surface area (Å²) in [5, 5.41) is 6.84. The normalized spacial score (nSPS) is 19.8. The highest BCUT2D eigenvalue weighted by molar-refractivity contribution is 5.81. The van der Waals surface area contributed by atoms with E-state index in [1.54, 1.807) is 7.05 Å². The van der Waals surface area contributed by atoms with E-state index >= 15 is 0 Å². The molecule has 1 atom stereocenters. The van der Waals surface area contributed by atoms with Crippen molar-refractivity contribution in [3.8, 4) is 18.1 Å². The summed E-state index contributed by atoms with van der Waals surface area (Å²) in [6.07, 6.45) is 11.6. The van der Waals surface area contributed by atoms with Crippen molar-refractivity contribution in [1.29, 1.82) is 0 Å². The number of likely N-dealkylation sites (tertiary alicyclic amines) is 1. The quantitative estimate of drug-likeness (QED) is 0.421. The lowest BCUT2D eigenvalue weighted by Crippen LogP contribution is -2.45. The second kappa shape index (κ2) is 10.8. The second-order valence-electron chi connectivity index (χ2n) is 7.78. The Bertz CT molecular complexity index is 732. The van der Waals surface area contributed by atoms with Crippen molar-refractivity contribution in [3.63, 3.8) is 0 Å². The highest BCUT2D eigenvalue weighted by Gasteiger charge is 2.32. The van der Waals surface area contributed by atoms with Crippen LogP contribution in [0.25, 0.3) is 0 Å². The fourth-order valence-electron chi connectivity index (χ4n) is 4.10. The first-order valence-electron chi connectivity index (χ1n) is 10.6. The summed E-state index contributed by atoms with van der Waals surface area (Å²) < 4.78 is 5.39. The van der Waals surface area contributed by atoms with Crippen molar-refractivity contribution in [2.45, 2.75) is 44.6 Å². The Labute approximate surface area is 174 Å². The molecule has 1 saturated heterocycles. The summed E-state index contributed by atoms with van der Waals surface area (Å²) in [4.78, 5) is 19.0. The molecule has 29 heavy (non-hydrogen) atoms. The van der Waals surface area contributed by atoms with E-state index in [1.165, 1.54) is 18.4 Å². The molecule has 1 unspecified atom stereocenters. The zero-order valence-corrected chi connectivity index (χ0v) is 17.3. The molecule has 0 bridgehead atoms. The van der Waals surface area contributed by atoms with E-state index in [1.807, 2.05) is 29.2 Å². The smallest absolute Gasteiger partial charge is 0.225 e. The summed E-state index contributed by atoms with van der Waals surface area (Å²) >= 11 is 0. The first-order chi connectivity index (χ1) is 14.2. The number of hydrogen-bond acceptors (Lipinski definition) is 3. The molecule has 1 heterocycles. The van der Waals surface area contributed by atoms with Crippen molar-refractivity contribution in [2.75, 3.05) is 33.3 Å². The van der Waals surface area contributed by atoms with Gasteiger partial charge in [-0.1, -0.05) is 30.9 Å². The molecule has 2 fully saturated rings. The van der Waals surface area contributed by atoms with E-state index in [2.05, 4.69) is 21.5 Å². The number of hydrogen-bond donors (Lipinski definition) is 2. The lowest BCUT2D eigenvalue weighted by Gasteiger charge is -2.21. The molecular formula is C23H32N4O2. The Kier molecular flexibility index (Phi) is 7.80. The van der Waals surface area contributed by atoms with E-state index in [4.69, 9.17) is 11.2 Å². The largest absolute Gasteiger partial charge is 0.481 e. The van der Waals surface area contributed by atoms with Crippen LogP contribution in [0, 0.1) is 18.3 Å². The van der Waals surface area contributed by atoms with Crippen LogP contribution in [0.2, 0.25) is 0 Å². The third-order valence-corrected chi connectivity index (χ3v) is 5.72. The minimum Gasteiger partial charge on any atom is -0.481 e. The number of amides is 1. The van der Waals surface area contributed by atoms with Crippen molar-refractivity contribution in [1.82, 2.24) is 15.5 Å². The van der Waals surface area contributed by atoms with Crippen molar-refractivity contribution < 1.29 is 9.53 Å². The van der Waals surface area contributed by atoms with Crippen molar-refractivity contribution in [2.24, 2.45) is 10.9 Å². The summed E-state index contributed by atoms with van der Waals surface area (Å²) in [7, 11) is 1.78. The zero-order valence-electron chi connectivity index (χ0n) is 17.3. The monoisotopic (exact) mass is 396 g/mol. The molecule has 1 aromatic carbocycles. The standard InChI is InChI=1S/C23H32N4O2/c1-3-16-29-21-10-8-18(9-11-21)12-14-25-23(24-2)26-20-13-15-27(17-20)22(28)19-6-4-5-7-19/h1,8-11,19-20H,4-7,12-17H2,2H3,(H2,24,25,26). The van der Waals surface area contributed by atoms with Gasteiger partial charge in [-0.2, -0.15) is 0 Å². The number of carbonyl (C=O) groups excluding carboxylic acids is 1. The van der Waals surface area contributed by atoms with Crippen LogP contribution in [-0.2, 0) is 11.2 Å². The maximum atomic E-state index is 12.6. The number of carbonyl (C=O) groups is 1. The number of aliphatic imine (C=N–C) groups is 1. The van der Waals surface area contributed by atoms with Crippen LogP contribution >= 0.6 is 0 Å². The van der Waals surface area contributed by atoms with E-state index < -0.39 is 0 Å². The minimum atomic E-state index is 0.259. The summed E-state index contributed by atoms with van der Waals surface area (Å²) in [6, 6.07) is 8.24. The number of ether oxygens (including phenoxy) is 1. The summed E-state index contributed by atoms with van der Waals surface area (Å²) in [5.41, 5.74) is 1.22. The Morgan fingerprint density at radius 1 is 1.28 bits per heavy atom. The molecule has 1 aromatic rings. The zero-order chi connectivity index (χ0) is 20.5. The Morgan fingerprint density at radius 3 is 2.72 bits per heavy atom. The van der Waals surface area contributed by atoms with E-state index in [9.17, 15) is 4.79 Å². The first-order valence-corrected chi connectivity index (χ1v) is 10.6. The topological polar surface area (TPSA) is 66.0 Å². The highest BCUT2D eigenvalue weighted by atomic mass is 16.5. The van der Waals surface area contributed by atoms with Gasteiger partial charge < -0.3 is 20.3 Å². The van der Waals surface area contributed by atoms with Gasteiger partial charge in [-0.3, -0.25) is 9.79 Å². The molecular weight excluding hydrogens is 364 g/mol. The Hall–Kier alpha value is -2.68. The highest BCUT2D eigenvalue weighted by Crippen LogP contribution is 2.27. The van der Waals surface area contributed by atoms with Crippen molar-refractivity contribution in [3.05, 3.63) is 29.8 Å². The van der Waals surface area contributed by atoms with Crippen LogP contribution in [0.15, 0.2) is 29.3 Å². The predicted molar refractivity (Wildman–Crippen MR) is 116 cm³/mol. The molecule has 0 spiro atoms. The molecule has 1 amide bonds. The van der Waals surface area contributed by atoms with Crippen LogP contribution < -0.4 is 15.4 Å². The molecule has 3 rings (SSSR count). The summed E-state index contributed by atoms with van der Waals surface area (Å²) in [5.74, 6) is 4.65. The molecule has 0 radical (unpaired) electrons. The average Bonchev–Trinajstić information content (AvgIpc) is 3.44. The van der Waals surface area contributed by atoms with Gasteiger partial charge in [0.15, 0.2) is 5.96 Å². The molecule has 156 valence electrons. The molecule has 1 aliphatic heterocycles. The van der Waals surface area contributed by atoms with Gasteiger partial charge >= 0.3 is 0 Å². The average molecular weight is 397 g/mol. The minimum absolute atomic E-state index is 0.259. The lowest BCUT2D eigenvalue weighted by molar-refractivity contribution is -0.134. The maximum Gasteiger partial charge on any atom is 0.225 e. The van der Waals surface area contributed by atoms with E-state index in [0.29, 0.717) is 5.91 Å². The molecule has 6 heteroatoms. The van der Waals surface area contributed by atoms with Gasteiger partial charge in [0.25, 0.3) is 0 Å². The number of guanidine groups is 1. The molecule has 1 aliphatic carbocycles. The molecule has 2 aliphatic rings. The molecule has 1 saturated carbocycles.